The molecule has 1 aromatic rings. The fourth-order valence-electron chi connectivity index (χ4n) is 2.55. The van der Waals surface area contributed by atoms with Gasteiger partial charge >= 0.3 is 0 Å². The van der Waals surface area contributed by atoms with Crippen LogP contribution in [0.3, 0.4) is 0 Å². The van der Waals surface area contributed by atoms with E-state index in [4.69, 9.17) is 18.0 Å². The molecular weight excluding hydrogens is 320 g/mol. The van der Waals surface area contributed by atoms with Crippen molar-refractivity contribution in [1.29, 1.82) is 0 Å². The van der Waals surface area contributed by atoms with Crippen molar-refractivity contribution in [2.75, 3.05) is 5.32 Å². The molecule has 19 heavy (non-hydrogen) atoms. The van der Waals surface area contributed by atoms with E-state index in [2.05, 4.69) is 41.2 Å². The minimum atomic E-state index is 0.437. The predicted molar refractivity (Wildman–Crippen MR) is 89.7 cm³/mol. The van der Waals surface area contributed by atoms with E-state index in [1.807, 2.05) is 12.1 Å². The molecule has 0 amide bonds. The van der Waals surface area contributed by atoms with Crippen LogP contribution in [0.5, 0.6) is 0 Å². The van der Waals surface area contributed by atoms with Crippen molar-refractivity contribution in [3.63, 3.8) is 0 Å². The van der Waals surface area contributed by atoms with Crippen molar-refractivity contribution in [2.45, 2.75) is 45.6 Å². The SMILES string of the molecule is CC1(C)CCC(Nc2ccc(C(N)=S)cc2Br)CC1. The zero-order valence-corrected chi connectivity index (χ0v) is 13.9. The molecule has 0 bridgehead atoms. The Balaban J connectivity index is 2.02. The maximum absolute atomic E-state index is 5.64. The van der Waals surface area contributed by atoms with Gasteiger partial charge in [0.15, 0.2) is 0 Å². The maximum Gasteiger partial charge on any atom is 0.104 e. The zero-order valence-electron chi connectivity index (χ0n) is 11.5. The Morgan fingerprint density at radius 3 is 2.53 bits per heavy atom. The molecule has 1 fully saturated rings. The van der Waals surface area contributed by atoms with E-state index >= 15 is 0 Å². The first-order chi connectivity index (χ1) is 8.87. The quantitative estimate of drug-likeness (QED) is 0.797. The average molecular weight is 341 g/mol. The average Bonchev–Trinajstić information content (AvgIpc) is 2.34. The molecule has 0 aromatic heterocycles. The summed E-state index contributed by atoms with van der Waals surface area (Å²) in [5.74, 6) is 0. The molecule has 2 nitrogen and oxygen atoms in total. The maximum atomic E-state index is 5.64. The number of nitrogens with one attached hydrogen (secondary N) is 1. The van der Waals surface area contributed by atoms with E-state index in [1.54, 1.807) is 0 Å². The van der Waals surface area contributed by atoms with Crippen LogP contribution in [0.4, 0.5) is 5.69 Å². The number of thiocarbonyl (C=S) groups is 1. The van der Waals surface area contributed by atoms with Gasteiger partial charge in [0, 0.05) is 21.8 Å². The van der Waals surface area contributed by atoms with Crippen LogP contribution in [0.1, 0.15) is 45.1 Å². The minimum Gasteiger partial charge on any atom is -0.389 e. The van der Waals surface area contributed by atoms with Gasteiger partial charge in [0.1, 0.15) is 4.99 Å². The first-order valence-corrected chi connectivity index (χ1v) is 7.93. The fraction of sp³-hybridized carbons (Fsp3) is 0.533. The van der Waals surface area contributed by atoms with Crippen molar-refractivity contribution in [1.82, 2.24) is 0 Å². The predicted octanol–water partition coefficient (Wildman–Crippen LogP) is 4.46. The fourth-order valence-corrected chi connectivity index (χ4v) is 3.17. The van der Waals surface area contributed by atoms with E-state index in [0.29, 0.717) is 16.4 Å². The van der Waals surface area contributed by atoms with Gasteiger partial charge in [0.2, 0.25) is 0 Å². The molecule has 104 valence electrons. The van der Waals surface area contributed by atoms with E-state index in [0.717, 1.165) is 15.7 Å². The molecule has 1 aliphatic rings. The lowest BCUT2D eigenvalue weighted by atomic mass is 9.75. The summed E-state index contributed by atoms with van der Waals surface area (Å²) in [6.45, 7) is 4.71. The topological polar surface area (TPSA) is 38.0 Å². The van der Waals surface area contributed by atoms with Crippen molar-refractivity contribution < 1.29 is 0 Å². The molecule has 0 unspecified atom stereocenters. The standard InChI is InChI=1S/C15H21BrN2S/c1-15(2)7-5-11(6-8-15)18-13-4-3-10(14(17)19)9-12(13)16/h3-4,9,11,18H,5-8H2,1-2H3,(H2,17,19). The Kier molecular flexibility index (Phi) is 4.51. The highest BCUT2D eigenvalue weighted by atomic mass is 79.9. The third-order valence-corrected chi connectivity index (χ3v) is 4.84. The van der Waals surface area contributed by atoms with Crippen LogP contribution < -0.4 is 11.1 Å². The number of hydrogen-bond donors (Lipinski definition) is 2. The van der Waals surface area contributed by atoms with Crippen molar-refractivity contribution in [3.8, 4) is 0 Å². The summed E-state index contributed by atoms with van der Waals surface area (Å²) in [7, 11) is 0. The number of benzene rings is 1. The third kappa shape index (κ3) is 3.93. The number of rotatable bonds is 3. The molecule has 1 saturated carbocycles. The van der Waals surface area contributed by atoms with Crippen LogP contribution >= 0.6 is 28.1 Å². The molecule has 0 aliphatic heterocycles. The van der Waals surface area contributed by atoms with Gasteiger partial charge in [-0.15, -0.1) is 0 Å². The Bertz CT molecular complexity index is 475. The highest BCUT2D eigenvalue weighted by Gasteiger charge is 2.26. The Labute approximate surface area is 129 Å². The molecule has 0 radical (unpaired) electrons. The molecule has 1 aromatic carbocycles. The van der Waals surface area contributed by atoms with Crippen LogP contribution in [0.15, 0.2) is 22.7 Å². The zero-order chi connectivity index (χ0) is 14.0. The van der Waals surface area contributed by atoms with Gasteiger partial charge in [0.25, 0.3) is 0 Å². The first kappa shape index (κ1) is 14.8. The molecule has 1 aliphatic carbocycles. The summed E-state index contributed by atoms with van der Waals surface area (Å²) in [4.78, 5) is 0.437. The molecule has 0 saturated heterocycles. The highest BCUT2D eigenvalue weighted by Crippen LogP contribution is 2.36. The van der Waals surface area contributed by atoms with Crippen molar-refractivity contribution >= 4 is 38.8 Å². The van der Waals surface area contributed by atoms with Gasteiger partial charge in [-0.05, 0) is 65.2 Å². The summed E-state index contributed by atoms with van der Waals surface area (Å²) >= 11 is 8.58. The van der Waals surface area contributed by atoms with Crippen molar-refractivity contribution in [2.24, 2.45) is 11.1 Å². The largest absolute Gasteiger partial charge is 0.389 e. The van der Waals surface area contributed by atoms with Crippen LogP contribution in [0, 0.1) is 5.41 Å². The van der Waals surface area contributed by atoms with Gasteiger partial charge in [-0.2, -0.15) is 0 Å². The first-order valence-electron chi connectivity index (χ1n) is 6.73. The monoisotopic (exact) mass is 340 g/mol. The number of nitrogens with two attached hydrogens (primary N) is 1. The number of hydrogen-bond acceptors (Lipinski definition) is 2. The lowest BCUT2D eigenvalue weighted by Gasteiger charge is -2.35. The lowest BCUT2D eigenvalue weighted by Crippen LogP contribution is -2.30. The van der Waals surface area contributed by atoms with Crippen LogP contribution in [-0.2, 0) is 0 Å². The van der Waals surface area contributed by atoms with Crippen LogP contribution in [0.2, 0.25) is 0 Å². The van der Waals surface area contributed by atoms with Gasteiger partial charge in [-0.3, -0.25) is 0 Å². The second kappa shape index (κ2) is 5.80. The van der Waals surface area contributed by atoms with Gasteiger partial charge < -0.3 is 11.1 Å². The molecular formula is C15H21BrN2S. The van der Waals surface area contributed by atoms with Gasteiger partial charge in [-0.1, -0.05) is 26.1 Å². The number of anilines is 1. The van der Waals surface area contributed by atoms with Crippen LogP contribution in [-0.4, -0.2) is 11.0 Å². The van der Waals surface area contributed by atoms with E-state index in [9.17, 15) is 0 Å². The third-order valence-electron chi connectivity index (χ3n) is 3.95. The second-order valence-corrected chi connectivity index (χ2v) is 7.44. The summed E-state index contributed by atoms with van der Waals surface area (Å²) in [5, 5.41) is 3.62. The van der Waals surface area contributed by atoms with Crippen molar-refractivity contribution in [3.05, 3.63) is 28.2 Å². The normalized spacial score (nSPS) is 19.1. The van der Waals surface area contributed by atoms with Gasteiger partial charge in [0.05, 0.1) is 0 Å². The van der Waals surface area contributed by atoms with E-state index in [-0.39, 0.29) is 0 Å². The van der Waals surface area contributed by atoms with Crippen LogP contribution in [0.25, 0.3) is 0 Å². The smallest absolute Gasteiger partial charge is 0.104 e. The molecule has 3 N–H and O–H groups in total. The summed E-state index contributed by atoms with van der Waals surface area (Å²) < 4.78 is 1.03. The Morgan fingerprint density at radius 2 is 2.00 bits per heavy atom. The molecule has 4 heteroatoms. The number of halogens is 1. The highest BCUT2D eigenvalue weighted by molar-refractivity contribution is 9.10. The Hall–Kier alpha value is -0.610. The molecule has 0 spiro atoms. The van der Waals surface area contributed by atoms with E-state index < -0.39 is 0 Å². The Morgan fingerprint density at radius 1 is 1.37 bits per heavy atom. The lowest BCUT2D eigenvalue weighted by molar-refractivity contribution is 0.232. The molecule has 0 atom stereocenters. The second-order valence-electron chi connectivity index (χ2n) is 6.14. The van der Waals surface area contributed by atoms with E-state index in [1.165, 1.54) is 25.7 Å². The molecule has 0 heterocycles. The minimum absolute atomic E-state index is 0.437. The summed E-state index contributed by atoms with van der Waals surface area (Å²) in [6, 6.07) is 6.58. The molecule has 2 rings (SSSR count). The van der Waals surface area contributed by atoms with Gasteiger partial charge in [-0.25, -0.2) is 0 Å². The summed E-state index contributed by atoms with van der Waals surface area (Å²) in [6.07, 6.45) is 5.04. The summed E-state index contributed by atoms with van der Waals surface area (Å²) in [5.41, 5.74) is 8.17.